The van der Waals surface area contributed by atoms with E-state index in [-0.39, 0.29) is 105 Å². The minimum Gasteiger partial charge on any atom is -0.870 e. The maximum Gasteiger partial charge on any atom is 1.00 e. The van der Waals surface area contributed by atoms with Gasteiger partial charge in [-0.25, -0.2) is 48.9 Å². The van der Waals surface area contributed by atoms with E-state index in [1.54, 1.807) is 35.9 Å². The summed E-state index contributed by atoms with van der Waals surface area (Å²) in [5.41, 5.74) is 13.3. The Morgan fingerprint density at radius 1 is 0.404 bits per heavy atom. The number of aromatic nitrogens is 10. The van der Waals surface area contributed by atoms with E-state index in [1.165, 1.54) is 56.5 Å². The minimum absolute atomic E-state index is 0. The molecule has 5 fully saturated rings. The number of ether oxygens (including phenoxy) is 4. The van der Waals surface area contributed by atoms with Crippen molar-refractivity contribution in [3.63, 3.8) is 0 Å². The number of hydrogen-bond donors (Lipinski definition) is 13. The second-order valence-electron chi connectivity index (χ2n) is 35.3. The molecule has 5 saturated heterocycles. The molecule has 0 radical (unpaired) electrons. The number of nitrogens with zero attached hydrogens (tertiary/aromatic N) is 11. The number of H-pyrrole nitrogens is 5. The number of aromatic carboxylic acids is 1. The summed E-state index contributed by atoms with van der Waals surface area (Å²) in [4.78, 5) is 128. The van der Waals surface area contributed by atoms with Crippen molar-refractivity contribution in [3.8, 4) is 12.1 Å². The van der Waals surface area contributed by atoms with Gasteiger partial charge in [-0.05, 0) is 142 Å². The minimum atomic E-state index is -1.07. The second-order valence-corrected chi connectivity index (χ2v) is 35.3. The van der Waals surface area contributed by atoms with Gasteiger partial charge in [0.25, 0.3) is 0 Å². The Morgan fingerprint density at radius 2 is 0.695 bits per heavy atom. The molecule has 36 nitrogen and oxygen atoms in total. The van der Waals surface area contributed by atoms with Crippen LogP contribution in [0.3, 0.4) is 0 Å². The van der Waals surface area contributed by atoms with Gasteiger partial charge < -0.3 is 96.4 Å². The number of likely N-dealkylation sites (tertiary alicyclic amines) is 4. The Morgan fingerprint density at radius 3 is 0.986 bits per heavy atom. The monoisotopic (exact) mass is 1920 g/mol. The van der Waals surface area contributed by atoms with Gasteiger partial charge in [-0.3, -0.25) is 24.3 Å². The zero-order valence-corrected chi connectivity index (χ0v) is 80.2. The van der Waals surface area contributed by atoms with E-state index >= 15 is 0 Å². The van der Waals surface area contributed by atoms with Gasteiger partial charge in [0.2, 0.25) is 5.91 Å². The molecule has 141 heavy (non-hydrogen) atoms. The van der Waals surface area contributed by atoms with Crippen LogP contribution in [-0.2, 0) is 48.2 Å². The van der Waals surface area contributed by atoms with Crippen molar-refractivity contribution in [3.05, 3.63) is 228 Å². The number of carboxylic acid groups (broad SMARTS) is 2. The summed E-state index contributed by atoms with van der Waals surface area (Å²) in [7, 11) is 4.12. The number of carbonyl (C=O) groups excluding carboxylic acids is 5. The quantitative estimate of drug-likeness (QED) is 0.0152. The zero-order valence-electron chi connectivity index (χ0n) is 80.2. The van der Waals surface area contributed by atoms with Crippen molar-refractivity contribution >= 4 is 125 Å². The second kappa shape index (κ2) is 53.8. The van der Waals surface area contributed by atoms with Gasteiger partial charge in [-0.2, -0.15) is 10.5 Å². The third kappa shape index (κ3) is 28.8. The van der Waals surface area contributed by atoms with Gasteiger partial charge in [0, 0.05) is 178 Å². The number of aromatic amines is 5. The summed E-state index contributed by atoms with van der Waals surface area (Å²) in [5.74, 6) is -1.45. The van der Waals surface area contributed by atoms with E-state index in [0.717, 1.165) is 165 Å². The van der Waals surface area contributed by atoms with Crippen LogP contribution in [0.1, 0.15) is 170 Å². The number of benzene rings is 3. The molecule has 0 aliphatic carbocycles. The number of methoxy groups -OCH3 is 3. The first-order chi connectivity index (χ1) is 66.4. The molecule has 15 heterocycles. The molecule has 10 atom stereocenters. The largest absolute Gasteiger partial charge is 1.00 e. The summed E-state index contributed by atoms with van der Waals surface area (Å²) >= 11 is 0. The van der Waals surface area contributed by atoms with Crippen LogP contribution in [0.25, 0.3) is 55.2 Å². The van der Waals surface area contributed by atoms with Gasteiger partial charge >= 0.3 is 54.7 Å². The fraction of sp³-hybridized carbons (Fsp3) is 0.404. The Balaban J connectivity index is 0.000000193. The first-order valence-corrected chi connectivity index (χ1v) is 46.5. The van der Waals surface area contributed by atoms with Crippen molar-refractivity contribution in [1.29, 1.82) is 10.5 Å². The molecule has 742 valence electrons. The van der Waals surface area contributed by atoms with Crippen LogP contribution in [-0.4, -0.2) is 250 Å². The van der Waals surface area contributed by atoms with Crippen molar-refractivity contribution in [1.82, 2.24) is 74.8 Å². The molecule has 5 aliphatic rings. The maximum atomic E-state index is 12.5. The van der Waals surface area contributed by atoms with Crippen molar-refractivity contribution < 1.29 is 87.1 Å². The molecular formula is C104H131LiN22O14. The molecular weight excluding hydrogens is 1790 g/mol. The normalized spacial score (nSPS) is 19.3. The van der Waals surface area contributed by atoms with E-state index in [1.807, 2.05) is 74.0 Å². The van der Waals surface area contributed by atoms with Crippen LogP contribution >= 0.6 is 0 Å². The van der Waals surface area contributed by atoms with Gasteiger partial charge in [0.1, 0.15) is 68.9 Å². The third-order valence-electron chi connectivity index (χ3n) is 26.0. The van der Waals surface area contributed by atoms with E-state index < -0.39 is 24.3 Å². The van der Waals surface area contributed by atoms with Gasteiger partial charge in [0.05, 0.1) is 68.5 Å². The number of aliphatic carboxylic acids is 1. The van der Waals surface area contributed by atoms with Crippen LogP contribution in [0.5, 0.6) is 0 Å². The van der Waals surface area contributed by atoms with Crippen LogP contribution in [0.15, 0.2) is 183 Å². The number of fused-ring (bicyclic) bond motifs is 5. The number of carboxylic acids is 2. The fourth-order valence-corrected chi connectivity index (χ4v) is 17.9. The maximum absolute atomic E-state index is 12.5. The van der Waals surface area contributed by atoms with Crippen molar-refractivity contribution in [2.45, 2.75) is 151 Å². The Labute approximate surface area is 833 Å². The predicted octanol–water partition coefficient (Wildman–Crippen LogP) is 13.1. The predicted molar refractivity (Wildman–Crippen MR) is 541 cm³/mol. The summed E-state index contributed by atoms with van der Waals surface area (Å²) in [6, 6.07) is 45.4. The number of piperidine rings is 5. The molecule has 1 amide bonds. The molecule has 3 aromatic carbocycles. The number of rotatable bonds is 24. The summed E-state index contributed by atoms with van der Waals surface area (Å²) in [6.07, 6.45) is 21.5. The topological polar surface area (TPSA) is 503 Å². The average molecular weight is 1920 g/mol. The fourth-order valence-electron chi connectivity index (χ4n) is 17.9. The van der Waals surface area contributed by atoms with Crippen LogP contribution in [0, 0.1) is 52.3 Å². The van der Waals surface area contributed by atoms with Gasteiger partial charge in [-0.1, -0.05) is 140 Å². The molecule has 14 N–H and O–H groups in total. The van der Waals surface area contributed by atoms with E-state index in [9.17, 15) is 38.7 Å². The summed E-state index contributed by atoms with van der Waals surface area (Å²) in [6.45, 7) is 25.0. The molecule has 5 aliphatic heterocycles. The summed E-state index contributed by atoms with van der Waals surface area (Å²) < 4.78 is 20.0. The van der Waals surface area contributed by atoms with Crippen LogP contribution in [0.2, 0.25) is 0 Å². The number of carbonyl (C=O) groups is 7. The number of esters is 4. The number of nitrogens with one attached hydrogen (secondary N) is 11. The molecule has 0 spiro atoms. The number of nitriles is 2. The standard InChI is InChI=1S/C23H28N4O2.C22H26N4O2.C21H24N4O2.C18H21N5O3.C15H20N4O2.C3H3NO2.2CH4.Li.H2O/c1-3-29-23(28)19-13-25-22-18(9-11-24-22)21(19)26-20-15-27(12-10-16(20)2)14-17-7-5-4-6-8-17;1-15-9-11-26(13-16-6-4-3-5-7-16)14-19(15)25-20-17-8-10-23-21(17)24-12-18(20)22(27)28-2;1-14-8-10-25(12-15-5-3-2-4-6-15)13-18(14)24-19-16-7-9-22-20(16)23-11-17(19)21(26)27;1-11-5-8-23(15(24)3-6-19)10-14(11)22-16-12-4-7-20-17(12)21-9-13(16)18(25)26-2;1-9-3-5-16-8-12(9)19-13-10-4-6-17-14(10)18-7-11(13)15(20)21-2;4-2-1-3(5)6;;;;/h4-9,11,13,16,20H,3,10,12,14-15H2,1-2H3,(H2,24,25,26);3-8,10,12,15,19H,9,11,13-14H2,1-2H3,(H2,23,24,25);2-7,9,11,14,18H,8,10,12-13H2,1H3,(H,26,27)(H2,22,23,24);4,7,9,11,14H,3,5,8,10H2,1-2H3,(H2,20,21,22);4,6-7,9,12,16H,3,5,8H2,1-2H3,(H2,17,18,19);1H2,(H,5,6);2*1H4;;1H2/q;;;;;;;;+1;/p-1/t16-,20+;15-,19+;14-,18+;11-,14+;9-,12+;;;;;/m11111...../s1. The molecule has 10 aromatic heterocycles. The molecule has 0 bridgehead atoms. The summed E-state index contributed by atoms with van der Waals surface area (Å²) in [5, 5.41) is 59.2. The first kappa shape index (κ1) is 110. The number of hydrogen-bond acceptors (Lipinski definition) is 28. The van der Waals surface area contributed by atoms with E-state index in [2.05, 4.69) is 210 Å². The van der Waals surface area contributed by atoms with Crippen LogP contribution < -0.4 is 50.8 Å². The van der Waals surface area contributed by atoms with Crippen molar-refractivity contribution in [2.24, 2.45) is 29.6 Å². The molecule has 0 unspecified atom stereocenters. The average Bonchev–Trinajstić information content (AvgIpc) is 1.71. The number of pyridine rings is 5. The number of amides is 1. The first-order valence-electron chi connectivity index (χ1n) is 46.5. The van der Waals surface area contributed by atoms with Gasteiger partial charge in [-0.15, -0.1) is 0 Å². The Bertz CT molecular complexity index is 6340. The smallest absolute Gasteiger partial charge is 0.870 e. The zero-order chi connectivity index (χ0) is 97.0. The Kier molecular flexibility index (Phi) is 42.1. The van der Waals surface area contributed by atoms with E-state index in [0.29, 0.717) is 94.2 Å². The van der Waals surface area contributed by atoms with E-state index in [4.69, 9.17) is 34.6 Å². The molecule has 13 aromatic rings. The number of anilines is 5. The SMILES string of the molecule is C.C.CCOC(=O)c1cnc2[nH]ccc2c1N[C@H]1CN(Cc2ccccc2)CC[C@H]1C.COC(=O)c1cnc2[nH]ccc2c1N[C@H]1CN(C(=O)CC#N)CC[C@H]1C.COC(=O)c1cnc2[nH]ccc2c1N[C@H]1CN(Cc2ccccc2)CC[C@H]1C.COC(=O)c1cnc2[nH]ccc2c1N[C@H]1CNCC[C@H]1C.C[C@@H]1CCN(Cc2ccccc2)C[C@@H]1Nc1c(C(=O)O)cnc2[nH]ccc12.N#CCC(=O)O.[Li+].[OH-]. The van der Waals surface area contributed by atoms with Gasteiger partial charge in [0.15, 0.2) is 0 Å². The van der Waals surface area contributed by atoms with Crippen LogP contribution in [0.4, 0.5) is 28.4 Å². The molecule has 37 heteroatoms. The van der Waals surface area contributed by atoms with Crippen molar-refractivity contribution in [2.75, 3.05) is 120 Å². The third-order valence-corrected chi connectivity index (χ3v) is 26.0. The molecule has 0 saturated carbocycles. The molecule has 18 rings (SSSR count). The Hall–Kier alpha value is -14.2.